The van der Waals surface area contributed by atoms with Crippen LogP contribution < -0.4 is 15.9 Å². The number of imidazole rings is 1. The number of piperazine rings is 1. The molecule has 0 unspecified atom stereocenters. The number of anilines is 1. The van der Waals surface area contributed by atoms with E-state index in [1.165, 1.54) is 5.69 Å². The number of aromatic amines is 1. The van der Waals surface area contributed by atoms with Crippen molar-refractivity contribution in [2.75, 3.05) is 31.1 Å². The lowest BCUT2D eigenvalue weighted by atomic mass is 10.1. The zero-order chi connectivity index (χ0) is 23.1. The first-order valence-corrected chi connectivity index (χ1v) is 11.4. The molecule has 0 bridgehead atoms. The van der Waals surface area contributed by atoms with Gasteiger partial charge in [-0.15, -0.1) is 0 Å². The minimum atomic E-state index is -0.104. The van der Waals surface area contributed by atoms with Gasteiger partial charge in [-0.2, -0.15) is 0 Å². The van der Waals surface area contributed by atoms with Crippen molar-refractivity contribution in [1.29, 1.82) is 0 Å². The second-order valence-corrected chi connectivity index (χ2v) is 8.57. The molecule has 34 heavy (non-hydrogen) atoms. The number of H-pyrrole nitrogens is 1. The predicted molar refractivity (Wildman–Crippen MR) is 134 cm³/mol. The Morgan fingerprint density at radius 1 is 0.912 bits per heavy atom. The molecule has 0 saturated carbocycles. The quantitative estimate of drug-likeness (QED) is 0.439. The summed E-state index contributed by atoms with van der Waals surface area (Å²) in [7, 11) is 1.77. The molecule has 1 aliphatic heterocycles. The molecule has 170 valence electrons. The number of nitrogens with one attached hydrogen (secondary N) is 2. The summed E-state index contributed by atoms with van der Waals surface area (Å²) in [6.45, 7) is 3.93. The highest BCUT2D eigenvalue weighted by atomic mass is 16.1. The molecule has 1 aliphatic rings. The minimum Gasteiger partial charge on any atom is -0.369 e. The summed E-state index contributed by atoms with van der Waals surface area (Å²) < 4.78 is 3.32. The summed E-state index contributed by atoms with van der Waals surface area (Å²) >= 11 is 0. The van der Waals surface area contributed by atoms with Crippen LogP contribution in [0.3, 0.4) is 0 Å². The number of hydrogen-bond donors (Lipinski definition) is 2. The molecule has 0 radical (unpaired) electrons. The Morgan fingerprint density at radius 3 is 2.53 bits per heavy atom. The third-order valence-corrected chi connectivity index (χ3v) is 6.40. The van der Waals surface area contributed by atoms with Gasteiger partial charge in [0.15, 0.2) is 0 Å². The molecule has 6 rings (SSSR count). The Morgan fingerprint density at radius 2 is 1.71 bits per heavy atom. The summed E-state index contributed by atoms with van der Waals surface area (Å²) in [5.74, 6) is 0. The van der Waals surface area contributed by atoms with E-state index in [9.17, 15) is 4.79 Å². The smallest absolute Gasteiger partial charge is 0.333 e. The van der Waals surface area contributed by atoms with Crippen LogP contribution in [0.4, 0.5) is 5.69 Å². The highest BCUT2D eigenvalue weighted by Crippen LogP contribution is 2.27. The number of hydrogen-bond acceptors (Lipinski definition) is 5. The minimum absolute atomic E-state index is 0.104. The molecular formula is C26H25N7O. The van der Waals surface area contributed by atoms with E-state index >= 15 is 0 Å². The molecule has 5 heterocycles. The molecule has 1 saturated heterocycles. The Hall–Kier alpha value is -4.17. The molecule has 4 aromatic heterocycles. The molecule has 0 atom stereocenters. The third kappa shape index (κ3) is 3.58. The third-order valence-electron chi connectivity index (χ3n) is 6.40. The normalized spacial score (nSPS) is 14.1. The molecule has 8 heteroatoms. The van der Waals surface area contributed by atoms with E-state index in [4.69, 9.17) is 0 Å². The van der Waals surface area contributed by atoms with E-state index in [0.717, 1.165) is 65.4 Å². The maximum absolute atomic E-state index is 13.1. The van der Waals surface area contributed by atoms with Crippen molar-refractivity contribution < 1.29 is 0 Å². The molecule has 1 aromatic carbocycles. The summed E-state index contributed by atoms with van der Waals surface area (Å²) in [5.41, 5.74) is 6.23. The topological polar surface area (TPSA) is 83.8 Å². The monoisotopic (exact) mass is 451 g/mol. The summed E-state index contributed by atoms with van der Waals surface area (Å²) in [6, 6.07) is 16.3. The van der Waals surface area contributed by atoms with E-state index in [0.29, 0.717) is 0 Å². The summed E-state index contributed by atoms with van der Waals surface area (Å²) in [5, 5.41) is 4.43. The van der Waals surface area contributed by atoms with Gasteiger partial charge in [-0.05, 0) is 54.1 Å². The summed E-state index contributed by atoms with van der Waals surface area (Å²) in [6.07, 6.45) is 7.36. The Balaban J connectivity index is 1.39. The van der Waals surface area contributed by atoms with Crippen molar-refractivity contribution in [3.8, 4) is 28.2 Å². The number of rotatable bonds is 4. The predicted octanol–water partition coefficient (Wildman–Crippen LogP) is 3.19. The highest BCUT2D eigenvalue weighted by Gasteiger charge is 2.16. The molecule has 0 amide bonds. The van der Waals surface area contributed by atoms with E-state index in [1.807, 2.05) is 48.9 Å². The first kappa shape index (κ1) is 20.4. The van der Waals surface area contributed by atoms with Gasteiger partial charge in [0.1, 0.15) is 5.65 Å². The first-order chi connectivity index (χ1) is 16.7. The maximum atomic E-state index is 13.1. The highest BCUT2D eigenvalue weighted by molar-refractivity contribution is 5.82. The first-order valence-electron chi connectivity index (χ1n) is 11.4. The van der Waals surface area contributed by atoms with E-state index in [-0.39, 0.29) is 5.69 Å². The van der Waals surface area contributed by atoms with Gasteiger partial charge in [-0.1, -0.05) is 0 Å². The molecule has 2 N–H and O–H groups in total. The number of aromatic nitrogens is 5. The zero-order valence-electron chi connectivity index (χ0n) is 18.9. The van der Waals surface area contributed by atoms with Gasteiger partial charge < -0.3 is 19.8 Å². The second kappa shape index (κ2) is 8.31. The lowest BCUT2D eigenvalue weighted by Crippen LogP contribution is -2.43. The van der Waals surface area contributed by atoms with Crippen LogP contribution in [0.1, 0.15) is 0 Å². The van der Waals surface area contributed by atoms with Crippen LogP contribution in [0.25, 0.3) is 39.2 Å². The standard InChI is InChI=1S/C26H25N7O/c1-31-17-24(23-15-18(6-8-28-23)20-14-19-7-9-29-25(19)30-16-20)33(26(31)34)22-4-2-21(3-5-22)32-12-10-27-11-13-32/h2-9,14-17,27H,10-13H2,1H3,(H,29,30). The van der Waals surface area contributed by atoms with Gasteiger partial charge in [-0.3, -0.25) is 9.55 Å². The van der Waals surface area contributed by atoms with E-state index < -0.39 is 0 Å². The fourth-order valence-corrected chi connectivity index (χ4v) is 4.57. The van der Waals surface area contributed by atoms with Gasteiger partial charge in [0.25, 0.3) is 0 Å². The van der Waals surface area contributed by atoms with Crippen LogP contribution in [0.5, 0.6) is 0 Å². The fraction of sp³-hybridized carbons (Fsp3) is 0.192. The SMILES string of the molecule is Cn1cc(-c2cc(-c3cnc4[nH]ccc4c3)ccn2)n(-c2ccc(N3CCNCC3)cc2)c1=O. The summed E-state index contributed by atoms with van der Waals surface area (Å²) in [4.78, 5) is 27.7. The van der Waals surface area contributed by atoms with E-state index in [1.54, 1.807) is 22.4 Å². The molecule has 0 spiro atoms. The molecular weight excluding hydrogens is 426 g/mol. The van der Waals surface area contributed by atoms with Crippen LogP contribution in [-0.2, 0) is 7.05 Å². The molecule has 8 nitrogen and oxygen atoms in total. The van der Waals surface area contributed by atoms with Crippen molar-refractivity contribution in [3.63, 3.8) is 0 Å². The maximum Gasteiger partial charge on any atom is 0.333 e. The Bertz CT molecular complexity index is 1520. The number of aryl methyl sites for hydroxylation is 1. The number of benzene rings is 1. The Labute approximate surface area is 196 Å². The molecule has 1 fully saturated rings. The van der Waals surface area contributed by atoms with Crippen molar-refractivity contribution in [3.05, 3.63) is 83.8 Å². The van der Waals surface area contributed by atoms with Crippen LogP contribution in [0, 0.1) is 0 Å². The van der Waals surface area contributed by atoms with Crippen molar-refractivity contribution in [2.24, 2.45) is 7.05 Å². The van der Waals surface area contributed by atoms with Crippen LogP contribution in [0.2, 0.25) is 0 Å². The van der Waals surface area contributed by atoms with E-state index in [2.05, 4.69) is 43.4 Å². The fourth-order valence-electron chi connectivity index (χ4n) is 4.57. The van der Waals surface area contributed by atoms with Crippen LogP contribution in [-0.4, -0.2) is 50.3 Å². The van der Waals surface area contributed by atoms with Gasteiger partial charge in [0.05, 0.1) is 17.1 Å². The zero-order valence-corrected chi connectivity index (χ0v) is 18.9. The van der Waals surface area contributed by atoms with Crippen molar-refractivity contribution in [1.82, 2.24) is 29.4 Å². The number of pyridine rings is 2. The largest absolute Gasteiger partial charge is 0.369 e. The number of nitrogens with zero attached hydrogens (tertiary/aromatic N) is 5. The lowest BCUT2D eigenvalue weighted by Gasteiger charge is -2.29. The van der Waals surface area contributed by atoms with Crippen molar-refractivity contribution in [2.45, 2.75) is 0 Å². The van der Waals surface area contributed by atoms with Crippen LogP contribution >= 0.6 is 0 Å². The van der Waals surface area contributed by atoms with Crippen molar-refractivity contribution >= 4 is 16.7 Å². The average molecular weight is 452 g/mol. The second-order valence-electron chi connectivity index (χ2n) is 8.57. The molecule has 5 aromatic rings. The van der Waals surface area contributed by atoms with Gasteiger partial charge in [0, 0.05) is 74.7 Å². The van der Waals surface area contributed by atoms with Gasteiger partial charge in [-0.25, -0.2) is 9.78 Å². The van der Waals surface area contributed by atoms with Gasteiger partial charge >= 0.3 is 5.69 Å². The van der Waals surface area contributed by atoms with Crippen LogP contribution in [0.15, 0.2) is 78.1 Å². The number of fused-ring (bicyclic) bond motifs is 1. The van der Waals surface area contributed by atoms with Gasteiger partial charge in [0.2, 0.25) is 0 Å². The lowest BCUT2D eigenvalue weighted by molar-refractivity contribution is 0.589. The Kier molecular flexibility index (Phi) is 5.00. The molecule has 0 aliphatic carbocycles. The average Bonchev–Trinajstić information content (AvgIpc) is 3.48.